The molecule has 2 atom stereocenters. The van der Waals surface area contributed by atoms with Gasteiger partial charge in [-0.2, -0.15) is 0 Å². The Kier molecular flexibility index (Phi) is 8.71. The van der Waals surface area contributed by atoms with Gasteiger partial charge in [0.05, 0.1) is 19.3 Å². The largest absolute Gasteiger partial charge is 0.477 e. The fourth-order valence-corrected chi connectivity index (χ4v) is 3.72. The van der Waals surface area contributed by atoms with Crippen LogP contribution in [0.4, 0.5) is 5.82 Å². The van der Waals surface area contributed by atoms with E-state index in [-0.39, 0.29) is 36.8 Å². The molecule has 2 aromatic rings. The van der Waals surface area contributed by atoms with E-state index >= 15 is 0 Å². The number of amides is 1. The molecule has 1 amide bonds. The molecule has 158 valence electrons. The minimum absolute atomic E-state index is 0. The van der Waals surface area contributed by atoms with E-state index in [1.54, 1.807) is 6.20 Å². The van der Waals surface area contributed by atoms with Gasteiger partial charge in [-0.05, 0) is 24.1 Å². The monoisotopic (exact) mass is 439 g/mol. The van der Waals surface area contributed by atoms with E-state index in [0.29, 0.717) is 18.0 Å². The third kappa shape index (κ3) is 5.01. The summed E-state index contributed by atoms with van der Waals surface area (Å²) in [6.45, 7) is 5.91. The quantitative estimate of drug-likeness (QED) is 0.713. The molecule has 2 aliphatic heterocycles. The molecule has 4 rings (SSSR count). The first-order chi connectivity index (χ1) is 13.3. The Morgan fingerprint density at radius 2 is 1.83 bits per heavy atom. The summed E-state index contributed by atoms with van der Waals surface area (Å²) in [5.41, 5.74) is 1.10. The second-order valence-electron chi connectivity index (χ2n) is 6.89. The number of benzene rings is 1. The van der Waals surface area contributed by atoms with Gasteiger partial charge in [-0.25, -0.2) is 4.98 Å². The van der Waals surface area contributed by atoms with Gasteiger partial charge in [0.25, 0.3) is 5.91 Å². The van der Waals surface area contributed by atoms with Crippen molar-refractivity contribution in [1.82, 2.24) is 9.88 Å². The average molecular weight is 440 g/mol. The fourth-order valence-electron chi connectivity index (χ4n) is 3.72. The summed E-state index contributed by atoms with van der Waals surface area (Å²) in [6, 6.07) is 13.8. The van der Waals surface area contributed by atoms with Crippen molar-refractivity contribution < 1.29 is 14.3 Å². The van der Waals surface area contributed by atoms with Crippen LogP contribution in [0.5, 0.6) is 5.75 Å². The number of nitrogens with zero attached hydrogens (tertiary/aromatic N) is 3. The Morgan fingerprint density at radius 1 is 1.10 bits per heavy atom. The van der Waals surface area contributed by atoms with Crippen molar-refractivity contribution in [2.75, 3.05) is 37.7 Å². The number of carbonyl (C=O) groups excluding carboxylic acids is 1. The highest BCUT2D eigenvalue weighted by atomic mass is 35.5. The third-order valence-corrected chi connectivity index (χ3v) is 5.16. The number of rotatable bonds is 5. The van der Waals surface area contributed by atoms with Gasteiger partial charge in [-0.3, -0.25) is 14.6 Å². The number of halogens is 2. The van der Waals surface area contributed by atoms with Crippen LogP contribution < -0.4 is 9.64 Å². The van der Waals surface area contributed by atoms with Crippen molar-refractivity contribution in [2.24, 2.45) is 0 Å². The summed E-state index contributed by atoms with van der Waals surface area (Å²) >= 11 is 0. The molecule has 2 aliphatic rings. The van der Waals surface area contributed by atoms with Gasteiger partial charge in [0, 0.05) is 25.8 Å². The third-order valence-electron chi connectivity index (χ3n) is 5.16. The van der Waals surface area contributed by atoms with E-state index in [0.717, 1.165) is 38.4 Å². The van der Waals surface area contributed by atoms with E-state index in [9.17, 15) is 4.79 Å². The molecule has 2 unspecified atom stereocenters. The standard InChI is InChI=1S/C21H25N3O3.2ClH/c1-2-18-21(25)24(20-19(27-18)9-6-10-22-20)17(16-7-4-3-5-8-16)15-23-11-13-26-14-12-23;;/h3-10,17-18H,2,11-15H2,1H3;2*1H. The lowest BCUT2D eigenvalue weighted by atomic mass is 10.0. The number of morpholine rings is 1. The van der Waals surface area contributed by atoms with Gasteiger partial charge in [0.15, 0.2) is 17.7 Å². The van der Waals surface area contributed by atoms with Crippen LogP contribution in [0.1, 0.15) is 24.9 Å². The van der Waals surface area contributed by atoms with Crippen molar-refractivity contribution >= 4 is 36.5 Å². The number of hydrogen-bond donors (Lipinski definition) is 0. The van der Waals surface area contributed by atoms with Crippen molar-refractivity contribution in [3.8, 4) is 5.75 Å². The molecule has 0 bridgehead atoms. The molecule has 1 aromatic carbocycles. The molecule has 8 heteroatoms. The Bertz CT molecular complexity index is 788. The predicted molar refractivity (Wildman–Crippen MR) is 117 cm³/mol. The molecular formula is C21H27Cl2N3O3. The number of pyridine rings is 1. The van der Waals surface area contributed by atoms with Crippen LogP contribution in [0.3, 0.4) is 0 Å². The van der Waals surface area contributed by atoms with E-state index < -0.39 is 6.10 Å². The number of aromatic nitrogens is 1. The number of hydrogen-bond acceptors (Lipinski definition) is 5. The normalized spacial score (nSPS) is 20.0. The zero-order chi connectivity index (χ0) is 18.6. The molecule has 0 aliphatic carbocycles. The molecule has 0 saturated carbocycles. The summed E-state index contributed by atoms with van der Waals surface area (Å²) < 4.78 is 11.4. The highest BCUT2D eigenvalue weighted by molar-refractivity contribution is 5.99. The lowest BCUT2D eigenvalue weighted by molar-refractivity contribution is -0.127. The van der Waals surface area contributed by atoms with Crippen molar-refractivity contribution in [3.63, 3.8) is 0 Å². The SMILES string of the molecule is CCC1Oc2cccnc2N(C(CN2CCOCC2)c2ccccc2)C1=O.Cl.Cl. The van der Waals surface area contributed by atoms with Gasteiger partial charge < -0.3 is 9.47 Å². The first kappa shape index (κ1) is 23.4. The number of ether oxygens (including phenoxy) is 2. The minimum atomic E-state index is -0.474. The van der Waals surface area contributed by atoms with E-state index in [1.165, 1.54) is 0 Å². The molecule has 1 aromatic heterocycles. The molecule has 0 N–H and O–H groups in total. The Labute approximate surface area is 184 Å². The van der Waals surface area contributed by atoms with Crippen LogP contribution >= 0.6 is 24.8 Å². The molecular weight excluding hydrogens is 413 g/mol. The molecule has 0 spiro atoms. The molecule has 29 heavy (non-hydrogen) atoms. The summed E-state index contributed by atoms with van der Waals surface area (Å²) in [5.74, 6) is 1.26. The summed E-state index contributed by atoms with van der Waals surface area (Å²) in [5, 5.41) is 0. The molecule has 3 heterocycles. The molecule has 1 fully saturated rings. The number of fused-ring (bicyclic) bond motifs is 1. The van der Waals surface area contributed by atoms with Gasteiger partial charge in [-0.15, -0.1) is 24.8 Å². The van der Waals surface area contributed by atoms with Crippen LogP contribution in [-0.2, 0) is 9.53 Å². The molecule has 6 nitrogen and oxygen atoms in total. The maximum atomic E-state index is 13.3. The highest BCUT2D eigenvalue weighted by Crippen LogP contribution is 2.38. The van der Waals surface area contributed by atoms with Crippen molar-refractivity contribution in [3.05, 3.63) is 54.2 Å². The minimum Gasteiger partial charge on any atom is -0.477 e. The molecule has 1 saturated heterocycles. The zero-order valence-electron chi connectivity index (χ0n) is 16.4. The number of anilines is 1. The lowest BCUT2D eigenvalue weighted by Gasteiger charge is -2.40. The lowest BCUT2D eigenvalue weighted by Crippen LogP contribution is -2.51. The predicted octanol–water partition coefficient (Wildman–Crippen LogP) is 3.50. The summed E-state index contributed by atoms with van der Waals surface area (Å²) in [4.78, 5) is 22.0. The smallest absolute Gasteiger partial charge is 0.269 e. The maximum absolute atomic E-state index is 13.3. The maximum Gasteiger partial charge on any atom is 0.269 e. The Balaban J connectivity index is 0.00000150. The van der Waals surface area contributed by atoms with Crippen molar-refractivity contribution in [2.45, 2.75) is 25.5 Å². The average Bonchev–Trinajstić information content (AvgIpc) is 2.73. The van der Waals surface area contributed by atoms with Crippen LogP contribution in [0, 0.1) is 0 Å². The summed E-state index contributed by atoms with van der Waals surface area (Å²) in [7, 11) is 0. The van der Waals surface area contributed by atoms with Gasteiger partial charge in [-0.1, -0.05) is 37.3 Å². The second kappa shape index (κ2) is 10.8. The summed E-state index contributed by atoms with van der Waals surface area (Å²) in [6.07, 6.45) is 1.87. The fraction of sp³-hybridized carbons (Fsp3) is 0.429. The van der Waals surface area contributed by atoms with Crippen LogP contribution in [0.25, 0.3) is 0 Å². The van der Waals surface area contributed by atoms with Crippen molar-refractivity contribution in [1.29, 1.82) is 0 Å². The second-order valence-corrected chi connectivity index (χ2v) is 6.89. The van der Waals surface area contributed by atoms with Crippen LogP contribution in [0.2, 0.25) is 0 Å². The Morgan fingerprint density at radius 3 is 2.52 bits per heavy atom. The van der Waals surface area contributed by atoms with Gasteiger partial charge in [0.1, 0.15) is 0 Å². The Hall–Kier alpha value is -1.86. The van der Waals surface area contributed by atoms with Gasteiger partial charge in [0.2, 0.25) is 0 Å². The highest BCUT2D eigenvalue weighted by Gasteiger charge is 2.39. The number of carbonyl (C=O) groups is 1. The van der Waals surface area contributed by atoms with Crippen LogP contribution in [-0.4, -0.2) is 54.7 Å². The first-order valence-electron chi connectivity index (χ1n) is 9.57. The topological polar surface area (TPSA) is 54.9 Å². The van der Waals surface area contributed by atoms with E-state index in [1.807, 2.05) is 42.2 Å². The zero-order valence-corrected chi connectivity index (χ0v) is 18.0. The van der Waals surface area contributed by atoms with E-state index in [4.69, 9.17) is 9.47 Å². The first-order valence-corrected chi connectivity index (χ1v) is 9.57. The molecule has 0 radical (unpaired) electrons. The van der Waals surface area contributed by atoms with Gasteiger partial charge >= 0.3 is 0 Å². The van der Waals surface area contributed by atoms with E-state index in [2.05, 4.69) is 22.0 Å². The van der Waals surface area contributed by atoms with Crippen LogP contribution in [0.15, 0.2) is 48.7 Å².